The van der Waals surface area contributed by atoms with Crippen LogP contribution >= 0.6 is 15.9 Å². The number of hydrogen-bond acceptors (Lipinski definition) is 1. The van der Waals surface area contributed by atoms with Crippen molar-refractivity contribution in [2.75, 3.05) is 13.1 Å². The Morgan fingerprint density at radius 3 is 2.37 bits per heavy atom. The van der Waals surface area contributed by atoms with Crippen LogP contribution in [0.1, 0.15) is 16.7 Å². The van der Waals surface area contributed by atoms with Crippen molar-refractivity contribution in [3.8, 4) is 0 Å². The Kier molecular flexibility index (Phi) is 3.46. The lowest BCUT2D eigenvalue weighted by molar-refractivity contribution is 0.273. The van der Waals surface area contributed by atoms with Crippen LogP contribution in [0.15, 0.2) is 53.0 Å². The van der Waals surface area contributed by atoms with Gasteiger partial charge in [-0.25, -0.2) is 0 Å². The summed E-state index contributed by atoms with van der Waals surface area (Å²) < 4.78 is 1.22. The maximum Gasteiger partial charge on any atom is 0.0245 e. The van der Waals surface area contributed by atoms with E-state index in [1.54, 1.807) is 0 Å². The fraction of sp³-hybridized carbons (Fsp3) is 0.294. The van der Waals surface area contributed by atoms with Gasteiger partial charge in [0.2, 0.25) is 0 Å². The van der Waals surface area contributed by atoms with E-state index in [-0.39, 0.29) is 5.41 Å². The molecule has 2 aromatic rings. The maximum absolute atomic E-state index is 3.67. The normalized spacial score (nSPS) is 16.9. The number of hydrogen-bond donors (Lipinski definition) is 1. The summed E-state index contributed by atoms with van der Waals surface area (Å²) in [6, 6.07) is 17.3. The van der Waals surface area contributed by atoms with Crippen LogP contribution in [0.5, 0.6) is 0 Å². The molecule has 3 rings (SSSR count). The van der Waals surface area contributed by atoms with Crippen molar-refractivity contribution in [3.63, 3.8) is 0 Å². The Hall–Kier alpha value is -1.12. The molecule has 0 amide bonds. The van der Waals surface area contributed by atoms with Crippen molar-refractivity contribution in [1.29, 1.82) is 0 Å². The van der Waals surface area contributed by atoms with E-state index in [4.69, 9.17) is 0 Å². The number of halogens is 1. The Morgan fingerprint density at radius 1 is 1.05 bits per heavy atom. The third-order valence-corrected chi connectivity index (χ3v) is 4.90. The Balaban J connectivity index is 1.97. The molecule has 0 aromatic heterocycles. The van der Waals surface area contributed by atoms with Gasteiger partial charge in [0.05, 0.1) is 0 Å². The Labute approximate surface area is 123 Å². The largest absolute Gasteiger partial charge is 0.315 e. The number of rotatable bonds is 3. The highest BCUT2D eigenvalue weighted by Crippen LogP contribution is 2.36. The molecule has 0 aliphatic carbocycles. The Morgan fingerprint density at radius 2 is 1.74 bits per heavy atom. The molecule has 1 saturated heterocycles. The number of aryl methyl sites for hydroxylation is 1. The molecule has 0 bridgehead atoms. The summed E-state index contributed by atoms with van der Waals surface area (Å²) in [5, 5.41) is 3.45. The molecule has 0 radical (unpaired) electrons. The molecular weight excluding hydrogens is 298 g/mol. The van der Waals surface area contributed by atoms with E-state index >= 15 is 0 Å². The van der Waals surface area contributed by atoms with Crippen molar-refractivity contribution in [3.05, 3.63) is 69.7 Å². The third-order valence-electron chi connectivity index (χ3n) is 4.13. The minimum atomic E-state index is 0.259. The van der Waals surface area contributed by atoms with Crippen LogP contribution in [-0.4, -0.2) is 13.1 Å². The minimum absolute atomic E-state index is 0.259. The molecule has 0 atom stereocenters. The van der Waals surface area contributed by atoms with Crippen LogP contribution in [0.25, 0.3) is 0 Å². The molecule has 0 spiro atoms. The maximum atomic E-state index is 3.67. The van der Waals surface area contributed by atoms with Gasteiger partial charge in [0, 0.05) is 23.0 Å². The van der Waals surface area contributed by atoms with Crippen LogP contribution < -0.4 is 5.32 Å². The Bertz CT molecular complexity index is 587. The summed E-state index contributed by atoms with van der Waals surface area (Å²) in [4.78, 5) is 0. The molecule has 19 heavy (non-hydrogen) atoms. The van der Waals surface area contributed by atoms with Crippen LogP contribution in [0, 0.1) is 6.92 Å². The van der Waals surface area contributed by atoms with Gasteiger partial charge in [-0.2, -0.15) is 0 Å². The first-order valence-corrected chi connectivity index (χ1v) is 7.51. The van der Waals surface area contributed by atoms with Gasteiger partial charge in [-0.3, -0.25) is 0 Å². The minimum Gasteiger partial charge on any atom is -0.315 e. The topological polar surface area (TPSA) is 12.0 Å². The predicted octanol–water partition coefficient (Wildman–Crippen LogP) is 3.84. The van der Waals surface area contributed by atoms with Crippen molar-refractivity contribution in [2.24, 2.45) is 0 Å². The van der Waals surface area contributed by atoms with E-state index in [0.717, 1.165) is 19.5 Å². The van der Waals surface area contributed by atoms with Crippen LogP contribution in [0.2, 0.25) is 0 Å². The lowest BCUT2D eigenvalue weighted by atomic mass is 9.69. The van der Waals surface area contributed by atoms with Crippen molar-refractivity contribution < 1.29 is 0 Å². The highest BCUT2D eigenvalue weighted by atomic mass is 79.9. The standard InChI is InChI=1S/C17H18BrN/c1-13-6-2-4-8-15(13)17(11-19-12-17)10-14-7-3-5-9-16(14)18/h2-9,19H,10-12H2,1H3. The number of nitrogens with one attached hydrogen (secondary N) is 1. The highest BCUT2D eigenvalue weighted by Gasteiger charge is 2.39. The lowest BCUT2D eigenvalue weighted by Crippen LogP contribution is -2.58. The molecule has 1 aliphatic rings. The fourth-order valence-corrected chi connectivity index (χ4v) is 3.44. The molecule has 1 aliphatic heterocycles. The van der Waals surface area contributed by atoms with Gasteiger partial charge in [0.15, 0.2) is 0 Å². The monoisotopic (exact) mass is 315 g/mol. The van der Waals surface area contributed by atoms with Crippen molar-refractivity contribution in [1.82, 2.24) is 5.32 Å². The summed E-state index contributed by atoms with van der Waals surface area (Å²) >= 11 is 3.67. The van der Waals surface area contributed by atoms with E-state index < -0.39 is 0 Å². The number of benzene rings is 2. The van der Waals surface area contributed by atoms with E-state index in [2.05, 4.69) is 76.7 Å². The van der Waals surface area contributed by atoms with Crippen molar-refractivity contribution >= 4 is 15.9 Å². The average molecular weight is 316 g/mol. The zero-order chi connectivity index (χ0) is 13.3. The van der Waals surface area contributed by atoms with Crippen LogP contribution in [0.4, 0.5) is 0 Å². The molecular formula is C17H18BrN. The summed E-state index contributed by atoms with van der Waals surface area (Å²) in [5.41, 5.74) is 4.54. The van der Waals surface area contributed by atoms with Gasteiger partial charge >= 0.3 is 0 Å². The van der Waals surface area contributed by atoms with Gasteiger partial charge in [-0.1, -0.05) is 58.4 Å². The SMILES string of the molecule is Cc1ccccc1C1(Cc2ccccc2Br)CNC1. The average Bonchev–Trinajstić information content (AvgIpc) is 2.37. The summed E-state index contributed by atoms with van der Waals surface area (Å²) in [6.45, 7) is 4.35. The van der Waals surface area contributed by atoms with Crippen LogP contribution in [-0.2, 0) is 11.8 Å². The molecule has 1 nitrogen and oxygen atoms in total. The van der Waals surface area contributed by atoms with E-state index in [9.17, 15) is 0 Å². The molecule has 1 fully saturated rings. The fourth-order valence-electron chi connectivity index (χ4n) is 3.01. The molecule has 0 saturated carbocycles. The summed E-state index contributed by atoms with van der Waals surface area (Å²) in [7, 11) is 0. The van der Waals surface area contributed by atoms with E-state index in [1.807, 2.05) is 0 Å². The zero-order valence-electron chi connectivity index (χ0n) is 11.1. The summed E-state index contributed by atoms with van der Waals surface area (Å²) in [6.07, 6.45) is 1.09. The quantitative estimate of drug-likeness (QED) is 0.907. The molecule has 1 heterocycles. The molecule has 0 unspecified atom stereocenters. The molecule has 98 valence electrons. The lowest BCUT2D eigenvalue weighted by Gasteiger charge is -2.44. The molecule has 2 aromatic carbocycles. The second kappa shape index (κ2) is 5.10. The van der Waals surface area contributed by atoms with E-state index in [1.165, 1.54) is 21.2 Å². The van der Waals surface area contributed by atoms with Crippen molar-refractivity contribution in [2.45, 2.75) is 18.8 Å². The smallest absolute Gasteiger partial charge is 0.0245 e. The van der Waals surface area contributed by atoms with Gasteiger partial charge in [0.1, 0.15) is 0 Å². The first kappa shape index (κ1) is 12.9. The highest BCUT2D eigenvalue weighted by molar-refractivity contribution is 9.10. The first-order chi connectivity index (χ1) is 9.21. The zero-order valence-corrected chi connectivity index (χ0v) is 12.7. The first-order valence-electron chi connectivity index (χ1n) is 6.72. The second-order valence-electron chi connectivity index (χ2n) is 5.47. The van der Waals surface area contributed by atoms with Gasteiger partial charge < -0.3 is 5.32 Å². The van der Waals surface area contributed by atoms with Gasteiger partial charge in [-0.15, -0.1) is 0 Å². The molecule has 1 N–H and O–H groups in total. The summed E-state index contributed by atoms with van der Waals surface area (Å²) in [5.74, 6) is 0. The second-order valence-corrected chi connectivity index (χ2v) is 6.32. The van der Waals surface area contributed by atoms with Gasteiger partial charge in [-0.05, 0) is 36.1 Å². The van der Waals surface area contributed by atoms with Gasteiger partial charge in [0.25, 0.3) is 0 Å². The predicted molar refractivity (Wildman–Crippen MR) is 83.6 cm³/mol. The van der Waals surface area contributed by atoms with E-state index in [0.29, 0.717) is 0 Å². The molecule has 2 heteroatoms. The van der Waals surface area contributed by atoms with Crippen LogP contribution in [0.3, 0.4) is 0 Å². The third kappa shape index (κ3) is 2.35.